The van der Waals surface area contributed by atoms with Crippen LogP contribution in [0.25, 0.3) is 22.5 Å². The van der Waals surface area contributed by atoms with Gasteiger partial charge in [-0.1, -0.05) is 42.8 Å². The number of ether oxygens (including phenoxy) is 4. The molecule has 53 heavy (non-hydrogen) atoms. The van der Waals surface area contributed by atoms with Gasteiger partial charge < -0.3 is 18.9 Å². The second-order valence-electron chi connectivity index (χ2n) is 14.4. The summed E-state index contributed by atoms with van der Waals surface area (Å²) in [7, 11) is 6.65. The average Bonchev–Trinajstić information content (AvgIpc) is 3.18. The maximum atomic E-state index is 5.81. The Hall–Kier alpha value is -4.92. The van der Waals surface area contributed by atoms with Crippen LogP contribution < -0.4 is 18.9 Å². The van der Waals surface area contributed by atoms with Gasteiger partial charge in [0.1, 0.15) is 5.75 Å². The third kappa shape index (κ3) is 8.34. The minimum absolute atomic E-state index is 0.471. The zero-order valence-corrected chi connectivity index (χ0v) is 31.8. The Morgan fingerprint density at radius 1 is 0.660 bits per heavy atom. The van der Waals surface area contributed by atoms with Gasteiger partial charge in [-0.3, -0.25) is 19.8 Å². The first-order valence-corrected chi connectivity index (χ1v) is 18.9. The monoisotopic (exact) mass is 712 g/mol. The van der Waals surface area contributed by atoms with Crippen LogP contribution in [0.4, 0.5) is 0 Å². The van der Waals surface area contributed by atoms with Gasteiger partial charge in [0, 0.05) is 49.2 Å². The van der Waals surface area contributed by atoms with Gasteiger partial charge in [-0.25, -0.2) is 0 Å². The molecule has 0 radical (unpaired) electrons. The van der Waals surface area contributed by atoms with E-state index in [4.69, 9.17) is 28.9 Å². The molecule has 1 aliphatic heterocycles. The van der Waals surface area contributed by atoms with Crippen LogP contribution in [0.3, 0.4) is 0 Å². The van der Waals surface area contributed by atoms with Gasteiger partial charge in [0.05, 0.1) is 39.8 Å². The fraction of sp³-hybridized carbons (Fsp3) is 0.378. The molecule has 0 amide bonds. The van der Waals surface area contributed by atoms with E-state index < -0.39 is 0 Å². The van der Waals surface area contributed by atoms with E-state index in [0.29, 0.717) is 29.2 Å². The number of benzene rings is 3. The molecule has 2 fully saturated rings. The van der Waals surface area contributed by atoms with E-state index in [1.807, 2.05) is 24.5 Å². The second-order valence-corrected chi connectivity index (χ2v) is 14.4. The van der Waals surface area contributed by atoms with E-state index in [1.165, 1.54) is 47.1 Å². The lowest BCUT2D eigenvalue weighted by Crippen LogP contribution is -2.44. The van der Waals surface area contributed by atoms with E-state index in [0.717, 1.165) is 73.8 Å². The standard InChI is InChI=1S/C45H52N4O4/c1-31-39(35-12-9-13-35)23-36(24-42(31)50-2)41-22-33(16-19-46-41)28-48-20-17-38(18-21-48)49(29-32-10-7-6-8-11-32)30-34-14-15-40(47-27-34)37-25-43(51-3)45(53-5)44(26-37)52-4/h6-8,10-11,14-16,19,22-27,35,38H,9,12-13,17-18,20-21,28-30H2,1-5H3. The molecule has 1 saturated carbocycles. The summed E-state index contributed by atoms with van der Waals surface area (Å²) in [6, 6.07) is 28.4. The van der Waals surface area contributed by atoms with E-state index in [-0.39, 0.29) is 0 Å². The number of rotatable bonds is 14. The van der Waals surface area contributed by atoms with Gasteiger partial charge in [0.2, 0.25) is 5.75 Å². The maximum Gasteiger partial charge on any atom is 0.203 e. The third-order valence-corrected chi connectivity index (χ3v) is 11.2. The SMILES string of the molecule is COc1cc(-c2cc(CN3CCC(N(Cc4ccccc4)Cc4ccc(-c5cc(OC)c(OC)c(OC)c5)nc4)CC3)ccn2)cc(C2CCC2)c1C. The Morgan fingerprint density at radius 3 is 1.96 bits per heavy atom. The highest BCUT2D eigenvalue weighted by molar-refractivity contribution is 5.69. The van der Waals surface area contributed by atoms with Gasteiger partial charge in [-0.15, -0.1) is 0 Å². The van der Waals surface area contributed by atoms with Gasteiger partial charge in [0.25, 0.3) is 0 Å². The van der Waals surface area contributed by atoms with Crippen molar-refractivity contribution in [2.45, 2.75) is 70.6 Å². The Kier molecular flexibility index (Phi) is 11.6. The Labute approximate surface area is 314 Å². The van der Waals surface area contributed by atoms with Gasteiger partial charge in [-0.2, -0.15) is 0 Å². The lowest BCUT2D eigenvalue weighted by Gasteiger charge is -2.39. The van der Waals surface area contributed by atoms with E-state index >= 15 is 0 Å². The molecule has 7 rings (SSSR count). The maximum absolute atomic E-state index is 5.81. The van der Waals surface area contributed by atoms with Crippen molar-refractivity contribution in [3.8, 4) is 45.5 Å². The molecule has 5 aromatic rings. The number of piperidine rings is 1. The Bertz CT molecular complexity index is 1950. The summed E-state index contributed by atoms with van der Waals surface area (Å²) in [5.74, 6) is 3.40. The van der Waals surface area contributed by atoms with Crippen molar-refractivity contribution >= 4 is 0 Å². The molecule has 0 unspecified atom stereocenters. The number of hydrogen-bond acceptors (Lipinski definition) is 8. The minimum atomic E-state index is 0.471. The first-order chi connectivity index (χ1) is 26.0. The predicted molar refractivity (Wildman–Crippen MR) is 211 cm³/mol. The lowest BCUT2D eigenvalue weighted by molar-refractivity contribution is 0.0932. The molecule has 3 heterocycles. The predicted octanol–water partition coefficient (Wildman–Crippen LogP) is 9.09. The van der Waals surface area contributed by atoms with Crippen molar-refractivity contribution in [3.63, 3.8) is 0 Å². The van der Waals surface area contributed by atoms with Crippen LogP contribution in [-0.4, -0.2) is 67.3 Å². The summed E-state index contributed by atoms with van der Waals surface area (Å²) < 4.78 is 22.5. The smallest absolute Gasteiger partial charge is 0.203 e. The Morgan fingerprint density at radius 2 is 1.34 bits per heavy atom. The van der Waals surface area contributed by atoms with Crippen molar-refractivity contribution in [1.29, 1.82) is 0 Å². The van der Waals surface area contributed by atoms with Crippen LogP contribution in [0.5, 0.6) is 23.0 Å². The third-order valence-electron chi connectivity index (χ3n) is 11.2. The molecule has 8 heteroatoms. The van der Waals surface area contributed by atoms with Crippen LogP contribution in [0.2, 0.25) is 0 Å². The lowest BCUT2D eigenvalue weighted by atomic mass is 9.77. The first-order valence-electron chi connectivity index (χ1n) is 18.9. The van der Waals surface area contributed by atoms with Gasteiger partial charge >= 0.3 is 0 Å². The van der Waals surface area contributed by atoms with Crippen molar-refractivity contribution in [1.82, 2.24) is 19.8 Å². The molecule has 1 aliphatic carbocycles. The summed E-state index contributed by atoms with van der Waals surface area (Å²) in [6.45, 7) is 6.95. The molecule has 8 nitrogen and oxygen atoms in total. The van der Waals surface area contributed by atoms with E-state index in [1.54, 1.807) is 28.4 Å². The summed E-state index contributed by atoms with van der Waals surface area (Å²) >= 11 is 0. The number of likely N-dealkylation sites (tertiary alicyclic amines) is 1. The summed E-state index contributed by atoms with van der Waals surface area (Å²) in [5, 5.41) is 0. The number of hydrogen-bond donors (Lipinski definition) is 0. The normalized spacial score (nSPS) is 15.3. The van der Waals surface area contributed by atoms with Gasteiger partial charge in [0.15, 0.2) is 11.5 Å². The summed E-state index contributed by atoms with van der Waals surface area (Å²) in [4.78, 5) is 14.9. The largest absolute Gasteiger partial charge is 0.496 e. The molecule has 3 aromatic carbocycles. The molecule has 0 N–H and O–H groups in total. The average molecular weight is 713 g/mol. The Balaban J connectivity index is 1.03. The fourth-order valence-electron chi connectivity index (χ4n) is 7.93. The number of pyridine rings is 2. The minimum Gasteiger partial charge on any atom is -0.496 e. The number of methoxy groups -OCH3 is 4. The van der Waals surface area contributed by atoms with Gasteiger partial charge in [-0.05, 0) is 122 Å². The number of aromatic nitrogens is 2. The van der Waals surface area contributed by atoms with E-state index in [2.05, 4.69) is 83.5 Å². The van der Waals surface area contributed by atoms with Crippen molar-refractivity contribution in [2.24, 2.45) is 0 Å². The highest BCUT2D eigenvalue weighted by atomic mass is 16.5. The van der Waals surface area contributed by atoms with Crippen molar-refractivity contribution in [2.75, 3.05) is 41.5 Å². The second kappa shape index (κ2) is 16.8. The van der Waals surface area contributed by atoms with Crippen LogP contribution in [0.15, 0.2) is 91.3 Å². The highest BCUT2D eigenvalue weighted by Crippen LogP contribution is 2.43. The zero-order valence-electron chi connectivity index (χ0n) is 31.8. The number of nitrogens with zero attached hydrogens (tertiary/aromatic N) is 4. The summed E-state index contributed by atoms with van der Waals surface area (Å²) in [6.07, 6.45) is 10.0. The molecule has 276 valence electrons. The first kappa shape index (κ1) is 36.4. The molecule has 0 atom stereocenters. The molecular formula is C45H52N4O4. The summed E-state index contributed by atoms with van der Waals surface area (Å²) in [5.41, 5.74) is 10.5. The molecule has 1 saturated heterocycles. The molecule has 2 aliphatic rings. The topological polar surface area (TPSA) is 69.2 Å². The van der Waals surface area contributed by atoms with Crippen LogP contribution in [0, 0.1) is 6.92 Å². The van der Waals surface area contributed by atoms with Crippen LogP contribution in [0.1, 0.15) is 65.8 Å². The molecular weight excluding hydrogens is 661 g/mol. The van der Waals surface area contributed by atoms with Crippen molar-refractivity contribution < 1.29 is 18.9 Å². The molecule has 0 spiro atoms. The quantitative estimate of drug-likeness (QED) is 0.113. The van der Waals surface area contributed by atoms with Crippen LogP contribution >= 0.6 is 0 Å². The molecule has 0 bridgehead atoms. The van der Waals surface area contributed by atoms with Crippen molar-refractivity contribution in [3.05, 3.63) is 119 Å². The molecule has 2 aromatic heterocycles. The highest BCUT2D eigenvalue weighted by Gasteiger charge is 2.26. The van der Waals surface area contributed by atoms with Crippen LogP contribution in [-0.2, 0) is 19.6 Å². The fourth-order valence-corrected chi connectivity index (χ4v) is 7.93. The zero-order chi connectivity index (χ0) is 36.7. The van der Waals surface area contributed by atoms with E-state index in [9.17, 15) is 0 Å².